The molecule has 0 aliphatic carbocycles. The highest BCUT2D eigenvalue weighted by Gasteiger charge is 2.26. The first kappa shape index (κ1) is 13.0. The van der Waals surface area contributed by atoms with Gasteiger partial charge in [-0.25, -0.2) is 4.39 Å². The third-order valence-electron chi connectivity index (χ3n) is 3.57. The lowest BCUT2D eigenvalue weighted by Crippen LogP contribution is -2.42. The van der Waals surface area contributed by atoms with Crippen LogP contribution in [0.4, 0.5) is 4.39 Å². The number of aromatic nitrogens is 1. The monoisotopic (exact) mass is 251 g/mol. The molecule has 2 N–H and O–H groups in total. The number of carbonyl (C=O) groups excluding carboxylic acids is 1. The van der Waals surface area contributed by atoms with Crippen molar-refractivity contribution in [3.05, 3.63) is 29.8 Å². The van der Waals surface area contributed by atoms with Crippen LogP contribution in [0.2, 0.25) is 0 Å². The number of hydrogen-bond donors (Lipinski definition) is 1. The number of rotatable bonds is 2. The van der Waals surface area contributed by atoms with E-state index in [9.17, 15) is 9.18 Å². The normalized spacial score (nSPS) is 18.7. The lowest BCUT2D eigenvalue weighted by atomic mass is 9.91. The summed E-state index contributed by atoms with van der Waals surface area (Å²) in [7, 11) is 0. The molecule has 18 heavy (non-hydrogen) atoms. The molecular formula is C13H18FN3O. The zero-order valence-corrected chi connectivity index (χ0v) is 10.5. The Labute approximate surface area is 106 Å². The van der Waals surface area contributed by atoms with Gasteiger partial charge in [-0.2, -0.15) is 0 Å². The van der Waals surface area contributed by atoms with Crippen LogP contribution in [0.25, 0.3) is 0 Å². The van der Waals surface area contributed by atoms with Crippen LogP contribution in [0.1, 0.15) is 30.1 Å². The van der Waals surface area contributed by atoms with Gasteiger partial charge in [-0.15, -0.1) is 0 Å². The minimum atomic E-state index is -0.559. The van der Waals surface area contributed by atoms with Crippen LogP contribution in [-0.2, 0) is 0 Å². The first-order chi connectivity index (χ1) is 8.59. The van der Waals surface area contributed by atoms with Crippen molar-refractivity contribution in [2.75, 3.05) is 13.1 Å². The Hall–Kier alpha value is -1.49. The Morgan fingerprint density at radius 2 is 2.22 bits per heavy atom. The van der Waals surface area contributed by atoms with E-state index < -0.39 is 5.82 Å². The highest BCUT2D eigenvalue weighted by molar-refractivity contribution is 5.94. The third kappa shape index (κ3) is 2.67. The van der Waals surface area contributed by atoms with Crippen molar-refractivity contribution in [1.29, 1.82) is 0 Å². The number of halogens is 1. The molecule has 1 atom stereocenters. The highest BCUT2D eigenvalue weighted by atomic mass is 19.1. The molecule has 0 spiro atoms. The molecule has 5 heteroatoms. The molecule has 0 radical (unpaired) electrons. The lowest BCUT2D eigenvalue weighted by molar-refractivity contribution is 0.0676. The van der Waals surface area contributed by atoms with E-state index in [2.05, 4.69) is 4.98 Å². The van der Waals surface area contributed by atoms with Crippen LogP contribution in [0.15, 0.2) is 18.5 Å². The summed E-state index contributed by atoms with van der Waals surface area (Å²) in [6, 6.07) is 1.58. The Bertz CT molecular complexity index is 428. The summed E-state index contributed by atoms with van der Waals surface area (Å²) in [6.45, 7) is 3.28. The molecule has 2 rings (SSSR count). The fourth-order valence-electron chi connectivity index (χ4n) is 2.35. The number of amides is 1. The molecule has 1 fully saturated rings. The summed E-state index contributed by atoms with van der Waals surface area (Å²) in [5, 5.41) is 0. The van der Waals surface area contributed by atoms with Crippen LogP contribution >= 0.6 is 0 Å². The van der Waals surface area contributed by atoms with Crippen molar-refractivity contribution in [3.8, 4) is 0 Å². The van der Waals surface area contributed by atoms with Gasteiger partial charge in [0.25, 0.3) is 5.91 Å². The van der Waals surface area contributed by atoms with Gasteiger partial charge in [-0.1, -0.05) is 0 Å². The molecule has 98 valence electrons. The smallest absolute Gasteiger partial charge is 0.256 e. The maximum Gasteiger partial charge on any atom is 0.256 e. The van der Waals surface area contributed by atoms with Gasteiger partial charge in [0.2, 0.25) is 0 Å². The number of nitrogens with zero attached hydrogens (tertiary/aromatic N) is 2. The second-order valence-electron chi connectivity index (χ2n) is 4.84. The number of likely N-dealkylation sites (tertiary alicyclic amines) is 1. The van der Waals surface area contributed by atoms with Crippen LogP contribution < -0.4 is 5.73 Å². The van der Waals surface area contributed by atoms with E-state index in [-0.39, 0.29) is 17.5 Å². The summed E-state index contributed by atoms with van der Waals surface area (Å²) in [4.78, 5) is 17.5. The molecule has 1 aliphatic rings. The summed E-state index contributed by atoms with van der Waals surface area (Å²) in [5.41, 5.74) is 5.95. The molecule has 0 aromatic carbocycles. The fraction of sp³-hybridized carbons (Fsp3) is 0.538. The van der Waals surface area contributed by atoms with Crippen molar-refractivity contribution in [1.82, 2.24) is 9.88 Å². The predicted octanol–water partition coefficient (Wildman–Crippen LogP) is 1.42. The van der Waals surface area contributed by atoms with E-state index in [1.54, 1.807) is 4.90 Å². The van der Waals surface area contributed by atoms with E-state index in [4.69, 9.17) is 5.73 Å². The van der Waals surface area contributed by atoms with Gasteiger partial charge in [0, 0.05) is 25.3 Å². The molecule has 4 nitrogen and oxygen atoms in total. The average Bonchev–Trinajstić information content (AvgIpc) is 2.38. The molecule has 0 saturated carbocycles. The first-order valence-electron chi connectivity index (χ1n) is 6.24. The van der Waals surface area contributed by atoms with Crippen molar-refractivity contribution in [3.63, 3.8) is 0 Å². The van der Waals surface area contributed by atoms with E-state index in [1.807, 2.05) is 6.92 Å². The molecule has 1 amide bonds. The number of pyridine rings is 1. The van der Waals surface area contributed by atoms with Gasteiger partial charge in [-0.3, -0.25) is 9.78 Å². The SMILES string of the molecule is CC(N)C1CCN(C(=O)c2ccncc2F)CC1. The molecule has 1 saturated heterocycles. The maximum absolute atomic E-state index is 13.5. The summed E-state index contributed by atoms with van der Waals surface area (Å²) in [6.07, 6.45) is 4.28. The molecule has 1 unspecified atom stereocenters. The quantitative estimate of drug-likeness (QED) is 0.864. The number of nitrogens with two attached hydrogens (primary N) is 1. The zero-order valence-electron chi connectivity index (χ0n) is 10.5. The standard InChI is InChI=1S/C13H18FN3O/c1-9(15)10-3-6-17(7-4-10)13(18)11-2-5-16-8-12(11)14/h2,5,8-10H,3-4,6-7,15H2,1H3. The largest absolute Gasteiger partial charge is 0.339 e. The Morgan fingerprint density at radius 1 is 1.56 bits per heavy atom. The van der Waals surface area contributed by atoms with Crippen LogP contribution in [0, 0.1) is 11.7 Å². The summed E-state index contributed by atoms with van der Waals surface area (Å²) < 4.78 is 13.5. The predicted molar refractivity (Wildman–Crippen MR) is 66.5 cm³/mol. The van der Waals surface area contributed by atoms with Gasteiger partial charge < -0.3 is 10.6 Å². The molecular weight excluding hydrogens is 233 g/mol. The van der Waals surface area contributed by atoms with Gasteiger partial charge in [0.05, 0.1) is 11.8 Å². The molecule has 1 aromatic heterocycles. The summed E-state index contributed by atoms with van der Waals surface area (Å²) >= 11 is 0. The average molecular weight is 251 g/mol. The minimum absolute atomic E-state index is 0.101. The highest BCUT2D eigenvalue weighted by Crippen LogP contribution is 2.21. The van der Waals surface area contributed by atoms with Crippen molar-refractivity contribution >= 4 is 5.91 Å². The zero-order chi connectivity index (χ0) is 13.1. The number of hydrogen-bond acceptors (Lipinski definition) is 3. The van der Waals surface area contributed by atoms with E-state index in [0.29, 0.717) is 19.0 Å². The fourth-order valence-corrected chi connectivity index (χ4v) is 2.35. The second-order valence-corrected chi connectivity index (χ2v) is 4.84. The van der Waals surface area contributed by atoms with Crippen molar-refractivity contribution in [2.24, 2.45) is 11.7 Å². The molecule has 0 bridgehead atoms. The Kier molecular flexibility index (Phi) is 3.91. The van der Waals surface area contributed by atoms with Gasteiger partial charge in [-0.05, 0) is 31.7 Å². The minimum Gasteiger partial charge on any atom is -0.339 e. The topological polar surface area (TPSA) is 59.2 Å². The third-order valence-corrected chi connectivity index (χ3v) is 3.57. The Morgan fingerprint density at radius 3 is 2.78 bits per heavy atom. The molecule has 2 heterocycles. The maximum atomic E-state index is 13.5. The van der Waals surface area contributed by atoms with Crippen LogP contribution in [0.5, 0.6) is 0 Å². The van der Waals surface area contributed by atoms with Crippen molar-refractivity contribution in [2.45, 2.75) is 25.8 Å². The Balaban J connectivity index is 2.02. The lowest BCUT2D eigenvalue weighted by Gasteiger charge is -2.33. The van der Waals surface area contributed by atoms with E-state index >= 15 is 0 Å². The summed E-state index contributed by atoms with van der Waals surface area (Å²) in [5.74, 6) is -0.355. The number of piperidine rings is 1. The molecule has 1 aliphatic heterocycles. The van der Waals surface area contributed by atoms with Crippen molar-refractivity contribution < 1.29 is 9.18 Å². The van der Waals surface area contributed by atoms with Gasteiger partial charge in [0.1, 0.15) is 0 Å². The van der Waals surface area contributed by atoms with Gasteiger partial charge in [0.15, 0.2) is 5.82 Å². The van der Waals surface area contributed by atoms with Gasteiger partial charge >= 0.3 is 0 Å². The second kappa shape index (κ2) is 5.44. The molecule has 1 aromatic rings. The van der Waals surface area contributed by atoms with E-state index in [1.165, 1.54) is 12.3 Å². The van der Waals surface area contributed by atoms with E-state index in [0.717, 1.165) is 19.0 Å². The van der Waals surface area contributed by atoms with Crippen LogP contribution in [0.3, 0.4) is 0 Å². The first-order valence-corrected chi connectivity index (χ1v) is 6.24. The number of carbonyl (C=O) groups is 1. The van der Waals surface area contributed by atoms with Crippen LogP contribution in [-0.4, -0.2) is 34.9 Å².